The first-order valence-corrected chi connectivity index (χ1v) is 12.7. The highest BCUT2D eigenvalue weighted by Crippen LogP contribution is 2.34. The van der Waals surface area contributed by atoms with E-state index in [1.165, 1.54) is 10.1 Å². The lowest BCUT2D eigenvalue weighted by Crippen LogP contribution is -2.31. The molecule has 0 unspecified atom stereocenters. The third-order valence-electron chi connectivity index (χ3n) is 6.65. The van der Waals surface area contributed by atoms with Crippen molar-refractivity contribution in [2.24, 2.45) is 0 Å². The molecule has 0 saturated carbocycles. The Hall–Kier alpha value is -4.26. The molecule has 2 N–H and O–H groups in total. The maximum absolute atomic E-state index is 13.7. The van der Waals surface area contributed by atoms with E-state index >= 15 is 0 Å². The Balaban J connectivity index is 1.49. The number of pyridine rings is 1. The van der Waals surface area contributed by atoms with Crippen LogP contribution in [0.3, 0.4) is 0 Å². The van der Waals surface area contributed by atoms with Crippen LogP contribution in [0.5, 0.6) is 11.5 Å². The Morgan fingerprint density at radius 3 is 2.35 bits per heavy atom. The van der Waals surface area contributed by atoms with Gasteiger partial charge in [-0.15, -0.1) is 0 Å². The average Bonchev–Trinajstić information content (AvgIpc) is 2.93. The molecule has 190 valence electrons. The van der Waals surface area contributed by atoms with Crippen LogP contribution in [0, 0.1) is 0 Å². The van der Waals surface area contributed by atoms with Gasteiger partial charge in [-0.2, -0.15) is 0 Å². The highest BCUT2D eigenvalue weighted by atomic mass is 16.6. The summed E-state index contributed by atoms with van der Waals surface area (Å²) in [5.41, 5.74) is 4.95. The second-order valence-electron chi connectivity index (χ2n) is 9.08. The highest BCUT2D eigenvalue weighted by molar-refractivity contribution is 5.93. The molecule has 0 spiro atoms. The minimum absolute atomic E-state index is 0.119. The predicted molar refractivity (Wildman–Crippen MR) is 147 cm³/mol. The van der Waals surface area contributed by atoms with E-state index in [4.69, 9.17) is 9.47 Å². The first-order chi connectivity index (χ1) is 18.1. The fraction of sp³-hybridized carbons (Fsp3) is 0.267. The van der Waals surface area contributed by atoms with Crippen LogP contribution in [0.4, 0.5) is 11.4 Å². The zero-order valence-electron chi connectivity index (χ0n) is 21.2. The van der Waals surface area contributed by atoms with E-state index in [2.05, 4.69) is 29.7 Å². The molecule has 0 fully saturated rings. The van der Waals surface area contributed by atoms with Crippen LogP contribution in [-0.2, 0) is 30.7 Å². The Labute approximate surface area is 216 Å². The first kappa shape index (κ1) is 24.4. The number of carbonyl (C=O) groups excluding carboxylic acids is 1. The lowest BCUT2D eigenvalue weighted by molar-refractivity contribution is -0.116. The van der Waals surface area contributed by atoms with Gasteiger partial charge in [-0.3, -0.25) is 14.2 Å². The molecule has 4 aromatic rings. The van der Waals surface area contributed by atoms with Crippen molar-refractivity contribution in [1.29, 1.82) is 0 Å². The fourth-order valence-electron chi connectivity index (χ4n) is 4.60. The smallest absolute Gasteiger partial charge is 0.256 e. The number of para-hydroxylation sites is 1. The lowest BCUT2D eigenvalue weighted by Gasteiger charge is -2.21. The molecule has 1 amide bonds. The van der Waals surface area contributed by atoms with Crippen LogP contribution in [0.2, 0.25) is 0 Å². The Morgan fingerprint density at radius 1 is 0.892 bits per heavy atom. The van der Waals surface area contributed by atoms with Gasteiger partial charge in [0.1, 0.15) is 19.8 Å². The van der Waals surface area contributed by atoms with E-state index in [1.807, 2.05) is 55.5 Å². The molecule has 0 bridgehead atoms. The van der Waals surface area contributed by atoms with Gasteiger partial charge in [-0.25, -0.2) is 0 Å². The maximum Gasteiger partial charge on any atom is 0.256 e. The SMILES string of the molecule is CCc1ccc(NCc2cc3cc4c(cc3n(CC(=O)Nc3ccccc3CC)c2=O)OCCO4)cc1. The van der Waals surface area contributed by atoms with Gasteiger partial charge >= 0.3 is 0 Å². The van der Waals surface area contributed by atoms with E-state index < -0.39 is 0 Å². The van der Waals surface area contributed by atoms with Gasteiger partial charge in [0.2, 0.25) is 5.91 Å². The maximum atomic E-state index is 13.7. The number of amides is 1. The second kappa shape index (κ2) is 10.8. The van der Waals surface area contributed by atoms with E-state index in [9.17, 15) is 9.59 Å². The largest absolute Gasteiger partial charge is 0.486 e. The molecule has 1 aliphatic heterocycles. The topological polar surface area (TPSA) is 81.6 Å². The van der Waals surface area contributed by atoms with E-state index in [0.717, 1.165) is 35.2 Å². The number of nitrogens with one attached hydrogen (secondary N) is 2. The minimum atomic E-state index is -0.264. The molecule has 3 aromatic carbocycles. The van der Waals surface area contributed by atoms with Gasteiger partial charge in [0.15, 0.2) is 11.5 Å². The standard InChI is InChI=1S/C30H31N3O4/c1-3-20-9-11-24(12-10-20)31-18-23-15-22-16-27-28(37-14-13-36-27)17-26(22)33(30(23)35)19-29(34)32-25-8-6-5-7-21(25)4-2/h5-12,15-17,31H,3-4,13-14,18-19H2,1-2H3,(H,32,34). The van der Waals surface area contributed by atoms with Gasteiger partial charge in [0.05, 0.1) is 5.52 Å². The summed E-state index contributed by atoms with van der Waals surface area (Å²) < 4.78 is 13.1. The Bertz CT molecular complexity index is 1490. The summed E-state index contributed by atoms with van der Waals surface area (Å²) in [6.45, 7) is 5.28. The first-order valence-electron chi connectivity index (χ1n) is 12.7. The predicted octanol–water partition coefficient (Wildman–Crippen LogP) is 5.15. The molecule has 0 saturated heterocycles. The van der Waals surface area contributed by atoms with E-state index in [0.29, 0.717) is 42.3 Å². The number of rotatable bonds is 8. The van der Waals surface area contributed by atoms with Crippen molar-refractivity contribution in [2.75, 3.05) is 23.8 Å². The third-order valence-corrected chi connectivity index (χ3v) is 6.65. The van der Waals surface area contributed by atoms with Crippen LogP contribution in [-0.4, -0.2) is 23.7 Å². The van der Waals surface area contributed by atoms with Crippen molar-refractivity contribution >= 4 is 28.2 Å². The summed E-state index contributed by atoms with van der Waals surface area (Å²) >= 11 is 0. The summed E-state index contributed by atoms with van der Waals surface area (Å²) in [4.78, 5) is 26.8. The summed E-state index contributed by atoms with van der Waals surface area (Å²) in [5.74, 6) is 0.948. The lowest BCUT2D eigenvalue weighted by atomic mass is 10.1. The number of nitrogens with zero attached hydrogens (tertiary/aromatic N) is 1. The normalized spacial score (nSPS) is 12.4. The third kappa shape index (κ3) is 5.31. The van der Waals surface area contributed by atoms with Gasteiger partial charge < -0.3 is 20.1 Å². The molecular formula is C30H31N3O4. The van der Waals surface area contributed by atoms with Crippen LogP contribution in [0.1, 0.15) is 30.5 Å². The quantitative estimate of drug-likeness (QED) is 0.352. The van der Waals surface area contributed by atoms with Gasteiger partial charge in [-0.05, 0) is 54.3 Å². The van der Waals surface area contributed by atoms with Crippen molar-refractivity contribution in [1.82, 2.24) is 4.57 Å². The Morgan fingerprint density at radius 2 is 1.62 bits per heavy atom. The zero-order valence-corrected chi connectivity index (χ0v) is 21.2. The molecule has 0 radical (unpaired) electrons. The van der Waals surface area contributed by atoms with Crippen LogP contribution in [0.15, 0.2) is 71.5 Å². The van der Waals surface area contributed by atoms with Crippen LogP contribution >= 0.6 is 0 Å². The number of aryl methyl sites for hydroxylation is 2. The summed E-state index contributed by atoms with van der Waals surface area (Å²) in [6.07, 6.45) is 1.76. The monoisotopic (exact) mass is 497 g/mol. The molecule has 37 heavy (non-hydrogen) atoms. The molecule has 1 aromatic heterocycles. The van der Waals surface area contributed by atoms with Gasteiger partial charge in [0.25, 0.3) is 5.56 Å². The molecule has 7 nitrogen and oxygen atoms in total. The average molecular weight is 498 g/mol. The number of hydrogen-bond donors (Lipinski definition) is 2. The number of fused-ring (bicyclic) bond motifs is 2. The molecule has 5 rings (SSSR count). The number of ether oxygens (including phenoxy) is 2. The van der Waals surface area contributed by atoms with Crippen molar-refractivity contribution in [3.05, 3.63) is 93.8 Å². The molecule has 0 aliphatic carbocycles. The summed E-state index contributed by atoms with van der Waals surface area (Å²) in [7, 11) is 0. The highest BCUT2D eigenvalue weighted by Gasteiger charge is 2.18. The number of benzene rings is 3. The number of carbonyl (C=O) groups is 1. The number of anilines is 2. The van der Waals surface area contributed by atoms with Crippen LogP contribution in [0.25, 0.3) is 10.9 Å². The number of aromatic nitrogens is 1. The minimum Gasteiger partial charge on any atom is -0.486 e. The van der Waals surface area contributed by atoms with Gasteiger partial charge in [0, 0.05) is 34.9 Å². The summed E-state index contributed by atoms with van der Waals surface area (Å²) in [5, 5.41) is 7.14. The second-order valence-corrected chi connectivity index (χ2v) is 9.08. The van der Waals surface area contributed by atoms with Crippen molar-refractivity contribution in [3.63, 3.8) is 0 Å². The van der Waals surface area contributed by atoms with E-state index in [-0.39, 0.29) is 18.0 Å². The fourth-order valence-corrected chi connectivity index (χ4v) is 4.60. The molecular weight excluding hydrogens is 466 g/mol. The van der Waals surface area contributed by atoms with Gasteiger partial charge in [-0.1, -0.05) is 44.2 Å². The number of hydrogen-bond acceptors (Lipinski definition) is 5. The zero-order chi connectivity index (χ0) is 25.8. The van der Waals surface area contributed by atoms with Crippen molar-refractivity contribution in [3.8, 4) is 11.5 Å². The molecule has 2 heterocycles. The molecule has 0 atom stereocenters. The molecule has 1 aliphatic rings. The molecule has 7 heteroatoms. The van der Waals surface area contributed by atoms with Crippen LogP contribution < -0.4 is 25.7 Å². The Kier molecular flexibility index (Phi) is 7.12. The summed E-state index contributed by atoms with van der Waals surface area (Å²) in [6, 6.07) is 21.4. The van der Waals surface area contributed by atoms with Crippen molar-refractivity contribution in [2.45, 2.75) is 39.8 Å². The van der Waals surface area contributed by atoms with E-state index in [1.54, 1.807) is 6.07 Å². The van der Waals surface area contributed by atoms with Crippen molar-refractivity contribution < 1.29 is 14.3 Å².